The van der Waals surface area contributed by atoms with Crippen LogP contribution in [-0.4, -0.2) is 19.0 Å². The van der Waals surface area contributed by atoms with Crippen LogP contribution in [0.25, 0.3) is 0 Å². The van der Waals surface area contributed by atoms with Crippen molar-refractivity contribution in [3.63, 3.8) is 0 Å². The average Bonchev–Trinajstić information content (AvgIpc) is 3.32. The molecule has 3 nitrogen and oxygen atoms in total. The predicted molar refractivity (Wildman–Crippen MR) is 103 cm³/mol. The highest BCUT2D eigenvalue weighted by atomic mass is 127. The summed E-state index contributed by atoms with van der Waals surface area (Å²) >= 11 is 0. The molecule has 0 heterocycles. The van der Waals surface area contributed by atoms with Gasteiger partial charge in [0.1, 0.15) is 5.82 Å². The molecule has 1 aliphatic carbocycles. The fourth-order valence-electron chi connectivity index (χ4n) is 2.63. The lowest BCUT2D eigenvalue weighted by atomic mass is 10.1. The largest absolute Gasteiger partial charge is 0.353 e. The molecular weight excluding hydrogens is 404 g/mol. The number of guanidine groups is 1. The van der Waals surface area contributed by atoms with Crippen molar-refractivity contribution in [2.75, 3.05) is 7.05 Å². The van der Waals surface area contributed by atoms with E-state index >= 15 is 0 Å². The molecule has 2 atom stereocenters. The van der Waals surface area contributed by atoms with Crippen molar-refractivity contribution in [2.24, 2.45) is 4.99 Å². The second-order valence-electron chi connectivity index (χ2n) is 5.53. The smallest absolute Gasteiger partial charge is 0.191 e. The first-order valence-electron chi connectivity index (χ1n) is 7.53. The molecule has 2 aromatic carbocycles. The number of hydrogen-bond donors (Lipinski definition) is 2. The van der Waals surface area contributed by atoms with Crippen molar-refractivity contribution in [3.8, 4) is 0 Å². The van der Waals surface area contributed by atoms with Gasteiger partial charge in [0.2, 0.25) is 0 Å². The van der Waals surface area contributed by atoms with Crippen LogP contribution in [0, 0.1) is 5.82 Å². The third-order valence-corrected chi connectivity index (χ3v) is 3.94. The number of rotatable bonds is 4. The molecule has 0 aromatic heterocycles. The van der Waals surface area contributed by atoms with E-state index < -0.39 is 0 Å². The van der Waals surface area contributed by atoms with Crippen LogP contribution in [-0.2, 0) is 6.54 Å². The predicted octanol–water partition coefficient (Wildman–Crippen LogP) is 3.66. The zero-order valence-corrected chi connectivity index (χ0v) is 15.3. The Balaban J connectivity index is 0.00000192. The maximum Gasteiger partial charge on any atom is 0.191 e. The van der Waals surface area contributed by atoms with E-state index in [4.69, 9.17) is 0 Å². The minimum atomic E-state index is -0.121. The van der Waals surface area contributed by atoms with E-state index in [0.29, 0.717) is 0 Å². The summed E-state index contributed by atoms with van der Waals surface area (Å²) in [7, 11) is 1.75. The van der Waals surface area contributed by atoms with Crippen molar-refractivity contribution in [2.45, 2.75) is 24.9 Å². The van der Waals surface area contributed by atoms with Crippen molar-refractivity contribution >= 4 is 29.9 Å². The molecule has 122 valence electrons. The molecule has 2 N–H and O–H groups in total. The van der Waals surface area contributed by atoms with Crippen LogP contribution in [0.15, 0.2) is 59.6 Å². The number of hydrogen-bond acceptors (Lipinski definition) is 1. The first kappa shape index (κ1) is 17.7. The Bertz CT molecular complexity index is 660. The SMILES string of the molecule is CN=C(NCc1ccccc1)NC1CC1c1ccccc1F.I. The molecule has 3 rings (SSSR count). The summed E-state index contributed by atoms with van der Waals surface area (Å²) < 4.78 is 13.8. The van der Waals surface area contributed by atoms with Gasteiger partial charge in [0, 0.05) is 25.6 Å². The summed E-state index contributed by atoms with van der Waals surface area (Å²) in [6.45, 7) is 0.720. The van der Waals surface area contributed by atoms with Gasteiger partial charge < -0.3 is 10.6 Å². The van der Waals surface area contributed by atoms with Crippen molar-refractivity contribution in [1.82, 2.24) is 10.6 Å². The van der Waals surface area contributed by atoms with Gasteiger partial charge in [-0.05, 0) is 23.6 Å². The summed E-state index contributed by atoms with van der Waals surface area (Å²) in [6.07, 6.45) is 0.937. The normalized spacial score (nSPS) is 19.7. The number of benzene rings is 2. The molecule has 0 radical (unpaired) electrons. The molecule has 0 saturated heterocycles. The maximum absolute atomic E-state index is 13.8. The molecule has 23 heavy (non-hydrogen) atoms. The minimum Gasteiger partial charge on any atom is -0.353 e. The zero-order chi connectivity index (χ0) is 15.4. The van der Waals surface area contributed by atoms with E-state index in [-0.39, 0.29) is 41.8 Å². The van der Waals surface area contributed by atoms with Gasteiger partial charge in [-0.15, -0.1) is 24.0 Å². The van der Waals surface area contributed by atoms with Gasteiger partial charge in [0.25, 0.3) is 0 Å². The highest BCUT2D eigenvalue weighted by Crippen LogP contribution is 2.41. The number of aliphatic imine (C=N–C) groups is 1. The Morgan fingerprint density at radius 1 is 1.13 bits per heavy atom. The Labute approximate surface area is 153 Å². The molecule has 1 saturated carbocycles. The van der Waals surface area contributed by atoms with E-state index in [2.05, 4.69) is 27.8 Å². The molecule has 0 aliphatic heterocycles. The third kappa shape index (κ3) is 4.67. The standard InChI is InChI=1S/C18H20FN3.HI/c1-20-18(21-12-13-7-3-2-4-8-13)22-17-11-15(17)14-9-5-6-10-16(14)19;/h2-10,15,17H,11-12H2,1H3,(H2,20,21,22);1H. The first-order valence-corrected chi connectivity index (χ1v) is 7.53. The molecule has 5 heteroatoms. The van der Waals surface area contributed by atoms with E-state index in [9.17, 15) is 4.39 Å². The average molecular weight is 425 g/mol. The molecule has 2 aromatic rings. The lowest BCUT2D eigenvalue weighted by Gasteiger charge is -2.12. The fourth-order valence-corrected chi connectivity index (χ4v) is 2.63. The summed E-state index contributed by atoms with van der Waals surface area (Å²) in [5.74, 6) is 0.869. The van der Waals surface area contributed by atoms with Gasteiger partial charge in [-0.3, -0.25) is 4.99 Å². The lowest BCUT2D eigenvalue weighted by molar-refractivity contribution is 0.607. The topological polar surface area (TPSA) is 36.4 Å². The van der Waals surface area contributed by atoms with E-state index in [0.717, 1.165) is 24.5 Å². The van der Waals surface area contributed by atoms with E-state index in [1.807, 2.05) is 30.3 Å². The van der Waals surface area contributed by atoms with Crippen molar-refractivity contribution < 1.29 is 4.39 Å². The third-order valence-electron chi connectivity index (χ3n) is 3.94. The number of nitrogens with one attached hydrogen (secondary N) is 2. The fraction of sp³-hybridized carbons (Fsp3) is 0.278. The summed E-state index contributed by atoms with van der Waals surface area (Å²) in [4.78, 5) is 4.23. The Hall–Kier alpha value is -1.63. The van der Waals surface area contributed by atoms with Crippen LogP contribution in [0.3, 0.4) is 0 Å². The second kappa shape index (κ2) is 8.29. The van der Waals surface area contributed by atoms with Crippen LogP contribution < -0.4 is 10.6 Å². The summed E-state index contributed by atoms with van der Waals surface area (Å²) in [6, 6.07) is 17.4. The zero-order valence-electron chi connectivity index (χ0n) is 13.0. The van der Waals surface area contributed by atoms with E-state index in [1.54, 1.807) is 13.1 Å². The summed E-state index contributed by atoms with van der Waals surface area (Å²) in [5, 5.41) is 6.65. The number of halogens is 2. The maximum atomic E-state index is 13.8. The van der Waals surface area contributed by atoms with Crippen LogP contribution in [0.2, 0.25) is 0 Å². The van der Waals surface area contributed by atoms with Gasteiger partial charge in [-0.1, -0.05) is 48.5 Å². The van der Waals surface area contributed by atoms with Gasteiger partial charge >= 0.3 is 0 Å². The van der Waals surface area contributed by atoms with Crippen LogP contribution in [0.5, 0.6) is 0 Å². The van der Waals surface area contributed by atoms with Crippen LogP contribution >= 0.6 is 24.0 Å². The molecule has 0 spiro atoms. The number of nitrogens with zero attached hydrogens (tertiary/aromatic N) is 1. The first-order chi connectivity index (χ1) is 10.8. The van der Waals surface area contributed by atoms with Gasteiger partial charge in [0.05, 0.1) is 0 Å². The van der Waals surface area contributed by atoms with E-state index in [1.165, 1.54) is 11.6 Å². The van der Waals surface area contributed by atoms with Crippen molar-refractivity contribution in [1.29, 1.82) is 0 Å². The Morgan fingerprint density at radius 2 is 1.83 bits per heavy atom. The van der Waals surface area contributed by atoms with Gasteiger partial charge in [-0.2, -0.15) is 0 Å². The quantitative estimate of drug-likeness (QED) is 0.446. The molecular formula is C18H21FIN3. The minimum absolute atomic E-state index is 0. The Kier molecular flexibility index (Phi) is 6.38. The van der Waals surface area contributed by atoms with Crippen molar-refractivity contribution in [3.05, 3.63) is 71.5 Å². The molecule has 0 amide bonds. The molecule has 2 unspecified atom stereocenters. The highest BCUT2D eigenvalue weighted by Gasteiger charge is 2.40. The second-order valence-corrected chi connectivity index (χ2v) is 5.53. The monoisotopic (exact) mass is 425 g/mol. The van der Waals surface area contributed by atoms with Gasteiger partial charge in [0.15, 0.2) is 5.96 Å². The molecule has 1 aliphatic rings. The molecule has 0 bridgehead atoms. The van der Waals surface area contributed by atoms with Gasteiger partial charge in [-0.25, -0.2) is 4.39 Å². The molecule has 1 fully saturated rings. The van der Waals surface area contributed by atoms with Crippen LogP contribution in [0.4, 0.5) is 4.39 Å². The lowest BCUT2D eigenvalue weighted by Crippen LogP contribution is -2.38. The summed E-state index contributed by atoms with van der Waals surface area (Å²) in [5.41, 5.74) is 1.99. The highest BCUT2D eigenvalue weighted by molar-refractivity contribution is 14.0. The van der Waals surface area contributed by atoms with Crippen LogP contribution in [0.1, 0.15) is 23.5 Å². The Morgan fingerprint density at radius 3 is 2.52 bits per heavy atom.